The molecule has 0 aliphatic carbocycles. The summed E-state index contributed by atoms with van der Waals surface area (Å²) in [6.07, 6.45) is 3.20. The quantitative estimate of drug-likeness (QED) is 0.739. The maximum atomic E-state index is 12.6. The minimum atomic E-state index is 0.188. The van der Waals surface area contributed by atoms with E-state index in [0.29, 0.717) is 18.0 Å². The Kier molecular flexibility index (Phi) is 4.63. The Hall–Kier alpha value is -2.41. The zero-order chi connectivity index (χ0) is 18.1. The molecule has 0 radical (unpaired) electrons. The first-order chi connectivity index (χ1) is 12.6. The monoisotopic (exact) mass is 369 g/mol. The van der Waals surface area contributed by atoms with Crippen LogP contribution >= 0.6 is 11.3 Å². The number of H-pyrrole nitrogens is 1. The number of aromatic amines is 1. The van der Waals surface area contributed by atoms with E-state index in [-0.39, 0.29) is 11.8 Å². The van der Waals surface area contributed by atoms with Crippen LogP contribution in [0.15, 0.2) is 23.6 Å². The summed E-state index contributed by atoms with van der Waals surface area (Å²) in [7, 11) is 0. The number of nitrogens with zero attached hydrogens (tertiary/aromatic N) is 3. The Labute approximate surface area is 156 Å². The summed E-state index contributed by atoms with van der Waals surface area (Å²) in [5.74, 6) is 1.46. The summed E-state index contributed by atoms with van der Waals surface area (Å²) >= 11 is 1.42. The number of imidazole rings is 1. The minimum Gasteiger partial charge on any atom is -0.375 e. The van der Waals surface area contributed by atoms with Crippen molar-refractivity contribution in [1.82, 2.24) is 19.9 Å². The number of benzene rings is 1. The topological polar surface area (TPSA) is 87.9 Å². The van der Waals surface area contributed by atoms with Gasteiger partial charge in [0, 0.05) is 30.8 Å². The molecule has 0 unspecified atom stereocenters. The number of rotatable bonds is 4. The normalized spacial score (nSPS) is 17.7. The molecule has 1 fully saturated rings. The molecule has 1 aliphatic heterocycles. The fourth-order valence-electron chi connectivity index (χ4n) is 3.65. The number of hydrogen-bond acceptors (Lipinski definition) is 5. The third kappa shape index (κ3) is 3.44. The molecule has 1 aliphatic rings. The second kappa shape index (κ2) is 7.07. The predicted octanol–water partition coefficient (Wildman–Crippen LogP) is 3.25. The van der Waals surface area contributed by atoms with E-state index in [1.165, 1.54) is 16.9 Å². The number of nitrogens with one attached hydrogen (secondary N) is 1. The van der Waals surface area contributed by atoms with Gasteiger partial charge in [-0.25, -0.2) is 9.97 Å². The van der Waals surface area contributed by atoms with Crippen LogP contribution in [0.5, 0.6) is 0 Å². The van der Waals surface area contributed by atoms with Gasteiger partial charge in [-0.1, -0.05) is 12.1 Å². The Bertz CT molecular complexity index is 931. The molecule has 26 heavy (non-hydrogen) atoms. The number of para-hydroxylation sites is 1. The lowest BCUT2D eigenvalue weighted by atomic mass is 9.97. The van der Waals surface area contributed by atoms with Crippen LogP contribution in [0.3, 0.4) is 0 Å². The lowest BCUT2D eigenvalue weighted by Gasteiger charge is -2.32. The number of amides is 1. The standard InChI is InChI=1S/C19H23N5OS/c1-12-4-2-6-15-17(12)23-18(22-15)13-5-3-9-24(10-13)16(25)8-7-14-11-26-19(20)21-14/h2,4,6,11,13H,3,5,7-10H2,1H3,(H2,20,21)(H,22,23)/t13-/m0/s1. The number of carbonyl (C=O) groups excluding carboxylic acids is 1. The molecule has 4 rings (SSSR count). The first kappa shape index (κ1) is 17.0. The number of thiazole rings is 1. The number of fused-ring (bicyclic) bond motifs is 1. The van der Waals surface area contributed by atoms with E-state index in [1.807, 2.05) is 16.3 Å². The third-order valence-electron chi connectivity index (χ3n) is 5.06. The molecule has 3 heterocycles. The Balaban J connectivity index is 1.42. The van der Waals surface area contributed by atoms with E-state index in [0.717, 1.165) is 48.5 Å². The summed E-state index contributed by atoms with van der Waals surface area (Å²) in [6, 6.07) is 6.18. The van der Waals surface area contributed by atoms with Crippen molar-refractivity contribution in [3.8, 4) is 0 Å². The van der Waals surface area contributed by atoms with Crippen molar-refractivity contribution in [2.45, 2.75) is 38.5 Å². The van der Waals surface area contributed by atoms with Gasteiger partial charge in [-0.05, 0) is 37.8 Å². The van der Waals surface area contributed by atoms with Crippen molar-refractivity contribution in [1.29, 1.82) is 0 Å². The second-order valence-corrected chi connectivity index (χ2v) is 7.84. The number of nitrogen functional groups attached to an aromatic ring is 1. The maximum absolute atomic E-state index is 12.6. The zero-order valence-electron chi connectivity index (χ0n) is 14.9. The Morgan fingerprint density at radius 3 is 3.08 bits per heavy atom. The van der Waals surface area contributed by atoms with Crippen molar-refractivity contribution < 1.29 is 4.79 Å². The number of carbonyl (C=O) groups is 1. The van der Waals surface area contributed by atoms with Gasteiger partial charge in [0.2, 0.25) is 5.91 Å². The molecule has 6 nitrogen and oxygen atoms in total. The highest BCUT2D eigenvalue weighted by Crippen LogP contribution is 2.28. The highest BCUT2D eigenvalue weighted by atomic mass is 32.1. The van der Waals surface area contributed by atoms with Crippen molar-refractivity contribution >= 4 is 33.4 Å². The van der Waals surface area contributed by atoms with Gasteiger partial charge in [0.25, 0.3) is 0 Å². The summed E-state index contributed by atoms with van der Waals surface area (Å²) in [4.78, 5) is 27.1. The highest BCUT2D eigenvalue weighted by molar-refractivity contribution is 7.13. The average Bonchev–Trinajstić information content (AvgIpc) is 3.27. The van der Waals surface area contributed by atoms with Gasteiger partial charge in [-0.2, -0.15) is 0 Å². The molecule has 7 heteroatoms. The highest BCUT2D eigenvalue weighted by Gasteiger charge is 2.26. The van der Waals surface area contributed by atoms with Crippen LogP contribution in [0.25, 0.3) is 11.0 Å². The number of aryl methyl sites for hydroxylation is 2. The average molecular weight is 369 g/mol. The SMILES string of the molecule is Cc1cccc2[nH]c([C@H]3CCCN(C(=O)CCc4csc(N)n4)C3)nc12. The van der Waals surface area contributed by atoms with Crippen molar-refractivity contribution in [3.05, 3.63) is 40.7 Å². The van der Waals surface area contributed by atoms with E-state index in [1.54, 1.807) is 0 Å². The van der Waals surface area contributed by atoms with Gasteiger partial charge in [-0.3, -0.25) is 4.79 Å². The zero-order valence-corrected chi connectivity index (χ0v) is 15.7. The number of anilines is 1. The van der Waals surface area contributed by atoms with Gasteiger partial charge >= 0.3 is 0 Å². The lowest BCUT2D eigenvalue weighted by Crippen LogP contribution is -2.39. The van der Waals surface area contributed by atoms with Crippen LogP contribution in [0.2, 0.25) is 0 Å². The summed E-state index contributed by atoms with van der Waals surface area (Å²) in [5.41, 5.74) is 9.84. The Morgan fingerprint density at radius 1 is 1.42 bits per heavy atom. The van der Waals surface area contributed by atoms with E-state index >= 15 is 0 Å². The van der Waals surface area contributed by atoms with Crippen LogP contribution in [0.4, 0.5) is 5.13 Å². The van der Waals surface area contributed by atoms with Crippen LogP contribution in [0.1, 0.15) is 42.3 Å². The first-order valence-electron chi connectivity index (χ1n) is 9.03. The summed E-state index contributed by atoms with van der Waals surface area (Å²) in [6.45, 7) is 3.64. The van der Waals surface area contributed by atoms with E-state index < -0.39 is 0 Å². The van der Waals surface area contributed by atoms with Gasteiger partial charge < -0.3 is 15.6 Å². The molecular weight excluding hydrogens is 346 g/mol. The number of piperidine rings is 1. The predicted molar refractivity (Wildman–Crippen MR) is 104 cm³/mol. The fourth-order valence-corrected chi connectivity index (χ4v) is 4.24. The third-order valence-corrected chi connectivity index (χ3v) is 5.78. The molecule has 2 aromatic heterocycles. The van der Waals surface area contributed by atoms with E-state index in [2.05, 4.69) is 29.0 Å². The largest absolute Gasteiger partial charge is 0.375 e. The van der Waals surface area contributed by atoms with Gasteiger partial charge in [0.15, 0.2) is 5.13 Å². The van der Waals surface area contributed by atoms with Crippen LogP contribution in [0, 0.1) is 6.92 Å². The molecule has 0 saturated carbocycles. The number of likely N-dealkylation sites (tertiary alicyclic amines) is 1. The van der Waals surface area contributed by atoms with Crippen LogP contribution in [-0.4, -0.2) is 38.8 Å². The second-order valence-electron chi connectivity index (χ2n) is 6.95. The molecular formula is C19H23N5OS. The molecule has 1 atom stereocenters. The van der Waals surface area contributed by atoms with E-state index in [9.17, 15) is 4.79 Å². The van der Waals surface area contributed by atoms with Crippen molar-refractivity contribution in [2.75, 3.05) is 18.8 Å². The van der Waals surface area contributed by atoms with Gasteiger partial charge in [-0.15, -0.1) is 11.3 Å². The molecule has 3 aromatic rings. The molecule has 0 bridgehead atoms. The van der Waals surface area contributed by atoms with Gasteiger partial charge in [0.05, 0.1) is 16.7 Å². The molecule has 0 spiro atoms. The van der Waals surface area contributed by atoms with Gasteiger partial charge in [0.1, 0.15) is 5.82 Å². The lowest BCUT2D eigenvalue weighted by molar-refractivity contribution is -0.132. The molecule has 1 aromatic carbocycles. The van der Waals surface area contributed by atoms with Crippen LogP contribution in [-0.2, 0) is 11.2 Å². The minimum absolute atomic E-state index is 0.188. The fraction of sp³-hybridized carbons (Fsp3) is 0.421. The number of nitrogens with two attached hydrogens (primary N) is 1. The van der Waals surface area contributed by atoms with Crippen molar-refractivity contribution in [3.63, 3.8) is 0 Å². The molecule has 1 amide bonds. The Morgan fingerprint density at radius 2 is 2.31 bits per heavy atom. The maximum Gasteiger partial charge on any atom is 0.222 e. The van der Waals surface area contributed by atoms with Crippen molar-refractivity contribution in [2.24, 2.45) is 0 Å². The first-order valence-corrected chi connectivity index (χ1v) is 9.91. The smallest absolute Gasteiger partial charge is 0.222 e. The molecule has 3 N–H and O–H groups in total. The van der Waals surface area contributed by atoms with E-state index in [4.69, 9.17) is 10.7 Å². The van der Waals surface area contributed by atoms with Crippen LogP contribution < -0.4 is 5.73 Å². The molecule has 136 valence electrons. The summed E-state index contributed by atoms with van der Waals surface area (Å²) in [5, 5.41) is 2.49. The number of aromatic nitrogens is 3. The molecule has 1 saturated heterocycles. The summed E-state index contributed by atoms with van der Waals surface area (Å²) < 4.78 is 0. The number of hydrogen-bond donors (Lipinski definition) is 2.